The zero-order valence-electron chi connectivity index (χ0n) is 57.0. The highest BCUT2D eigenvalue weighted by Gasteiger charge is 2.44. The number of ether oxygens (including phenoxy) is 2. The van der Waals surface area contributed by atoms with Gasteiger partial charge in [-0.1, -0.05) is 335 Å². The molecular weight excluding hydrogens is 1090 g/mol. The molecule has 1 amide bonds. The minimum atomic E-state index is -1.58. The summed E-state index contributed by atoms with van der Waals surface area (Å²) in [7, 11) is 0. The summed E-state index contributed by atoms with van der Waals surface area (Å²) < 4.78 is 11.3. The highest BCUT2D eigenvalue weighted by molar-refractivity contribution is 5.76. The quantitative estimate of drug-likeness (QED) is 0.0261. The first-order valence-corrected chi connectivity index (χ1v) is 37.1. The van der Waals surface area contributed by atoms with E-state index in [1.54, 1.807) is 6.08 Å². The predicted molar refractivity (Wildman–Crippen MR) is 377 cm³/mol. The molecule has 1 fully saturated rings. The van der Waals surface area contributed by atoms with E-state index in [-0.39, 0.29) is 12.5 Å². The molecule has 7 unspecified atom stereocenters. The summed E-state index contributed by atoms with van der Waals surface area (Å²) >= 11 is 0. The minimum Gasteiger partial charge on any atom is -0.394 e. The van der Waals surface area contributed by atoms with Gasteiger partial charge < -0.3 is 40.3 Å². The number of amides is 1. The van der Waals surface area contributed by atoms with E-state index in [2.05, 4.69) is 116 Å². The number of aliphatic hydroxyl groups excluding tert-OH is 5. The maximum atomic E-state index is 13.1. The number of allylic oxidation sites excluding steroid dienone is 17. The number of rotatable bonds is 64. The highest BCUT2D eigenvalue weighted by atomic mass is 16.7. The van der Waals surface area contributed by atoms with E-state index in [9.17, 15) is 30.3 Å². The molecule has 0 aromatic rings. The Kier molecular flexibility index (Phi) is 62.9. The van der Waals surface area contributed by atoms with Crippen molar-refractivity contribution in [2.45, 2.75) is 371 Å². The van der Waals surface area contributed by atoms with Gasteiger partial charge in [-0.05, 0) is 96.3 Å². The molecule has 7 atom stereocenters. The van der Waals surface area contributed by atoms with Crippen LogP contribution in [0, 0.1) is 0 Å². The Morgan fingerprint density at radius 2 is 0.716 bits per heavy atom. The number of carbonyl (C=O) groups excluding carboxylic acids is 1. The van der Waals surface area contributed by atoms with Gasteiger partial charge in [0.1, 0.15) is 24.4 Å². The average molecular weight is 1230 g/mol. The second-order valence-corrected chi connectivity index (χ2v) is 25.3. The number of aliphatic hydroxyl groups is 5. The Morgan fingerprint density at radius 3 is 1.09 bits per heavy atom. The molecule has 0 spiro atoms. The van der Waals surface area contributed by atoms with E-state index in [0.717, 1.165) is 83.5 Å². The van der Waals surface area contributed by atoms with Crippen LogP contribution in [0.4, 0.5) is 0 Å². The fourth-order valence-electron chi connectivity index (χ4n) is 11.3. The van der Waals surface area contributed by atoms with Crippen LogP contribution in [0.25, 0.3) is 0 Å². The van der Waals surface area contributed by atoms with Gasteiger partial charge in [0.2, 0.25) is 5.91 Å². The van der Waals surface area contributed by atoms with Crippen molar-refractivity contribution in [2.75, 3.05) is 13.2 Å². The number of hydrogen-bond acceptors (Lipinski definition) is 8. The molecule has 0 aromatic heterocycles. The second kappa shape index (κ2) is 66.8. The summed E-state index contributed by atoms with van der Waals surface area (Å²) in [5, 5.41) is 54.8. The van der Waals surface area contributed by atoms with Gasteiger partial charge in [-0.15, -0.1) is 0 Å². The molecule has 6 N–H and O–H groups in total. The number of hydrogen-bond donors (Lipinski definition) is 6. The number of unbranched alkanes of at least 4 members (excludes halogenated alkanes) is 38. The zero-order chi connectivity index (χ0) is 63.5. The van der Waals surface area contributed by atoms with E-state index in [1.807, 2.05) is 6.08 Å². The average Bonchev–Trinajstić information content (AvgIpc) is 3.65. The Bertz CT molecular complexity index is 1760. The Hall–Kier alpha value is -3.15. The van der Waals surface area contributed by atoms with Gasteiger partial charge in [-0.3, -0.25) is 4.79 Å². The summed E-state index contributed by atoms with van der Waals surface area (Å²) in [4.78, 5) is 13.1. The van der Waals surface area contributed by atoms with Crippen LogP contribution in [0.2, 0.25) is 0 Å². The van der Waals surface area contributed by atoms with Crippen LogP contribution < -0.4 is 5.32 Å². The molecule has 0 radical (unpaired) electrons. The number of carbonyl (C=O) groups is 1. The van der Waals surface area contributed by atoms with Crippen molar-refractivity contribution in [3.8, 4) is 0 Å². The van der Waals surface area contributed by atoms with Crippen LogP contribution in [0.15, 0.2) is 109 Å². The molecule has 0 saturated carbocycles. The van der Waals surface area contributed by atoms with Crippen LogP contribution in [0.1, 0.15) is 328 Å². The fourth-order valence-corrected chi connectivity index (χ4v) is 11.3. The van der Waals surface area contributed by atoms with Crippen molar-refractivity contribution in [3.63, 3.8) is 0 Å². The summed E-state index contributed by atoms with van der Waals surface area (Å²) in [5.41, 5.74) is 0. The summed E-state index contributed by atoms with van der Waals surface area (Å²) in [6.45, 7) is 3.68. The first kappa shape index (κ1) is 82.9. The van der Waals surface area contributed by atoms with E-state index in [4.69, 9.17) is 9.47 Å². The van der Waals surface area contributed by atoms with Gasteiger partial charge in [0, 0.05) is 6.42 Å². The molecular formula is C79H139NO8. The van der Waals surface area contributed by atoms with Crippen LogP contribution in [-0.2, 0) is 14.3 Å². The predicted octanol–water partition coefficient (Wildman–Crippen LogP) is 20.8. The molecule has 1 aliphatic rings. The third kappa shape index (κ3) is 54.6. The summed E-state index contributed by atoms with van der Waals surface area (Å²) in [6, 6.07) is -0.837. The fraction of sp³-hybridized carbons (Fsp3) is 0.759. The maximum Gasteiger partial charge on any atom is 0.220 e. The highest BCUT2D eigenvalue weighted by Crippen LogP contribution is 2.23. The molecule has 88 heavy (non-hydrogen) atoms. The standard InChI is InChI=1S/C79H139NO8/c1-3-5-7-9-11-13-15-17-19-21-23-25-27-29-31-33-35-37-39-41-43-45-47-49-51-53-55-57-59-61-63-65-67-69-75(83)80-72(71-87-79-78(86)77(85)76(84)74(70-81)88-79)73(82)68-66-64-62-60-58-56-54-52-50-48-46-44-42-40-38-36-34-32-30-28-26-24-22-20-18-16-14-12-10-8-6-4-2/h5,7,11,13,17,19,23,25,29,31,35,37,50,52,58,60,66,68,72-74,76-79,81-82,84-86H,3-4,6,8-10,12,14-16,18,20-22,24,26-28,30,32-34,36,38-49,51,53-57,59,61-65,67,69-71H2,1-2H3,(H,80,83)/b7-5-,13-11-,19-17-,25-23-,31-29-,37-35-,52-50+,60-58+,68-66+. The SMILES string of the molecule is CC/C=C\C/C=C\C/C=C\C/C=C\C/C=C\C/C=C\CCCCCCCCCCCCCCCCC(=O)NC(COC1OC(CO)C(O)C(O)C1O)C(O)/C=C/CC/C=C/CC/C=C/CCCCCCCCCCCCCCCCCCCCCCCC. The first-order chi connectivity index (χ1) is 43.3. The molecule has 1 saturated heterocycles. The lowest BCUT2D eigenvalue weighted by Gasteiger charge is -2.40. The van der Waals surface area contributed by atoms with Crippen LogP contribution in [0.3, 0.4) is 0 Å². The van der Waals surface area contributed by atoms with Crippen LogP contribution in [0.5, 0.6) is 0 Å². The summed E-state index contributed by atoms with van der Waals surface area (Å²) in [6.07, 6.45) is 92.1. The van der Waals surface area contributed by atoms with Crippen molar-refractivity contribution >= 4 is 5.91 Å². The second-order valence-electron chi connectivity index (χ2n) is 25.3. The van der Waals surface area contributed by atoms with Gasteiger partial charge in [-0.2, -0.15) is 0 Å². The first-order valence-electron chi connectivity index (χ1n) is 37.1. The molecule has 9 heteroatoms. The molecule has 0 bridgehead atoms. The van der Waals surface area contributed by atoms with E-state index in [1.165, 1.54) is 225 Å². The molecule has 0 aromatic carbocycles. The lowest BCUT2D eigenvalue weighted by molar-refractivity contribution is -0.302. The van der Waals surface area contributed by atoms with Crippen molar-refractivity contribution in [1.82, 2.24) is 5.32 Å². The van der Waals surface area contributed by atoms with Gasteiger partial charge in [0.15, 0.2) is 6.29 Å². The van der Waals surface area contributed by atoms with E-state index in [0.29, 0.717) is 6.42 Å². The van der Waals surface area contributed by atoms with Gasteiger partial charge in [-0.25, -0.2) is 0 Å². The van der Waals surface area contributed by atoms with Crippen molar-refractivity contribution in [2.24, 2.45) is 0 Å². The lowest BCUT2D eigenvalue weighted by atomic mass is 9.99. The molecule has 508 valence electrons. The Morgan fingerprint density at radius 1 is 0.398 bits per heavy atom. The molecule has 0 aliphatic carbocycles. The molecule has 9 nitrogen and oxygen atoms in total. The van der Waals surface area contributed by atoms with Crippen LogP contribution in [-0.4, -0.2) is 87.5 Å². The smallest absolute Gasteiger partial charge is 0.220 e. The van der Waals surface area contributed by atoms with E-state index >= 15 is 0 Å². The minimum absolute atomic E-state index is 0.192. The maximum absolute atomic E-state index is 13.1. The van der Waals surface area contributed by atoms with Gasteiger partial charge >= 0.3 is 0 Å². The van der Waals surface area contributed by atoms with Gasteiger partial charge in [0.25, 0.3) is 0 Å². The Balaban J connectivity index is 2.15. The third-order valence-corrected chi connectivity index (χ3v) is 17.1. The normalized spacial score (nSPS) is 18.6. The molecule has 1 rings (SSSR count). The van der Waals surface area contributed by atoms with Crippen molar-refractivity contribution in [1.29, 1.82) is 0 Å². The summed E-state index contributed by atoms with van der Waals surface area (Å²) in [5.74, 6) is -0.192. The van der Waals surface area contributed by atoms with Crippen molar-refractivity contribution < 1.29 is 39.8 Å². The van der Waals surface area contributed by atoms with E-state index < -0.39 is 49.5 Å². The van der Waals surface area contributed by atoms with Gasteiger partial charge in [0.05, 0.1) is 25.4 Å². The monoisotopic (exact) mass is 1230 g/mol. The van der Waals surface area contributed by atoms with Crippen molar-refractivity contribution in [3.05, 3.63) is 109 Å². The molecule has 1 heterocycles. The Labute approximate surface area is 542 Å². The topological polar surface area (TPSA) is 149 Å². The van der Waals surface area contributed by atoms with Crippen LogP contribution >= 0.6 is 0 Å². The number of nitrogens with one attached hydrogen (secondary N) is 1. The lowest BCUT2D eigenvalue weighted by Crippen LogP contribution is -2.60. The third-order valence-electron chi connectivity index (χ3n) is 17.1. The molecule has 1 aliphatic heterocycles. The zero-order valence-corrected chi connectivity index (χ0v) is 57.0. The largest absolute Gasteiger partial charge is 0.394 e.